The quantitative estimate of drug-likeness (QED) is 0.799. The third kappa shape index (κ3) is 4.35. The number of anilines is 1. The van der Waals surface area contributed by atoms with Crippen molar-refractivity contribution in [3.63, 3.8) is 0 Å². The van der Waals surface area contributed by atoms with Gasteiger partial charge < -0.3 is 10.5 Å². The van der Waals surface area contributed by atoms with Gasteiger partial charge in [-0.1, -0.05) is 19.1 Å². The highest BCUT2D eigenvalue weighted by atomic mass is 16.5. The highest BCUT2D eigenvalue weighted by molar-refractivity contribution is 5.79. The first-order valence-electron chi connectivity index (χ1n) is 7.14. The first-order valence-corrected chi connectivity index (χ1v) is 7.14. The lowest BCUT2D eigenvalue weighted by molar-refractivity contribution is -0.120. The minimum atomic E-state index is 0.262. The van der Waals surface area contributed by atoms with Crippen LogP contribution in [0.25, 0.3) is 0 Å². The van der Waals surface area contributed by atoms with E-state index in [2.05, 4.69) is 6.92 Å². The lowest BCUT2D eigenvalue weighted by atomic mass is 9.93. The topological polar surface area (TPSA) is 52.3 Å². The summed E-state index contributed by atoms with van der Waals surface area (Å²) in [6, 6.07) is 7.80. The first kappa shape index (κ1) is 14.1. The van der Waals surface area contributed by atoms with Crippen LogP contribution in [0.1, 0.15) is 50.5 Å². The molecule has 1 heterocycles. The van der Waals surface area contributed by atoms with Gasteiger partial charge in [0.15, 0.2) is 0 Å². The number of carbonyl (C=O) groups is 1. The Balaban J connectivity index is 1.76. The predicted octanol–water partition coefficient (Wildman–Crippen LogP) is 3.29. The molecular formula is C16H23NO2. The molecule has 0 spiro atoms. The number of rotatable bonds is 6. The number of hydrogen-bond acceptors (Lipinski definition) is 3. The molecule has 0 aliphatic carbocycles. The van der Waals surface area contributed by atoms with E-state index in [9.17, 15) is 4.79 Å². The van der Waals surface area contributed by atoms with Crippen LogP contribution in [0.2, 0.25) is 0 Å². The molecule has 1 fully saturated rings. The Morgan fingerprint density at radius 3 is 2.79 bits per heavy atom. The van der Waals surface area contributed by atoms with E-state index in [1.54, 1.807) is 0 Å². The molecule has 0 bridgehead atoms. The molecule has 1 aliphatic rings. The molecule has 0 aromatic heterocycles. The molecule has 1 saturated heterocycles. The fraction of sp³-hybridized carbons (Fsp3) is 0.562. The zero-order chi connectivity index (χ0) is 13.7. The average molecular weight is 261 g/mol. The van der Waals surface area contributed by atoms with Gasteiger partial charge in [-0.2, -0.15) is 0 Å². The Hall–Kier alpha value is -1.35. The zero-order valence-electron chi connectivity index (χ0n) is 11.6. The molecule has 2 atom stereocenters. The minimum absolute atomic E-state index is 0.262. The summed E-state index contributed by atoms with van der Waals surface area (Å²) in [7, 11) is 0. The van der Waals surface area contributed by atoms with Crippen molar-refractivity contribution in [2.75, 3.05) is 12.3 Å². The van der Waals surface area contributed by atoms with Crippen LogP contribution >= 0.6 is 0 Å². The highest BCUT2D eigenvalue weighted by Gasteiger charge is 2.18. The maximum Gasteiger partial charge on any atom is 0.133 e. The van der Waals surface area contributed by atoms with E-state index in [4.69, 9.17) is 10.5 Å². The van der Waals surface area contributed by atoms with Gasteiger partial charge in [0.25, 0.3) is 0 Å². The van der Waals surface area contributed by atoms with Crippen molar-refractivity contribution < 1.29 is 9.53 Å². The molecule has 1 aromatic carbocycles. The van der Waals surface area contributed by atoms with Gasteiger partial charge in [0.1, 0.15) is 5.78 Å². The molecule has 2 unspecified atom stereocenters. The predicted molar refractivity (Wildman–Crippen MR) is 77.1 cm³/mol. The van der Waals surface area contributed by atoms with Gasteiger partial charge in [-0.05, 0) is 42.9 Å². The van der Waals surface area contributed by atoms with Crippen LogP contribution < -0.4 is 5.73 Å². The summed E-state index contributed by atoms with van der Waals surface area (Å²) in [5.41, 5.74) is 7.61. The number of nitrogen functional groups attached to an aromatic ring is 1. The van der Waals surface area contributed by atoms with E-state index in [0.717, 1.165) is 31.6 Å². The molecule has 0 saturated carbocycles. The van der Waals surface area contributed by atoms with E-state index in [-0.39, 0.29) is 5.92 Å². The van der Waals surface area contributed by atoms with Crippen LogP contribution in [0, 0.1) is 0 Å². The van der Waals surface area contributed by atoms with Gasteiger partial charge in [-0.15, -0.1) is 0 Å². The summed E-state index contributed by atoms with van der Waals surface area (Å²) in [6.07, 6.45) is 4.70. The monoisotopic (exact) mass is 261 g/mol. The first-order chi connectivity index (χ1) is 9.15. The van der Waals surface area contributed by atoms with E-state index in [1.807, 2.05) is 24.3 Å². The second-order valence-corrected chi connectivity index (χ2v) is 5.48. The van der Waals surface area contributed by atoms with Crippen molar-refractivity contribution in [2.24, 2.45) is 0 Å². The third-order valence-corrected chi connectivity index (χ3v) is 3.81. The molecule has 3 nitrogen and oxygen atoms in total. The van der Waals surface area contributed by atoms with Crippen molar-refractivity contribution in [1.29, 1.82) is 0 Å². The number of carbonyl (C=O) groups excluding carboxylic acids is 1. The van der Waals surface area contributed by atoms with Gasteiger partial charge in [0.2, 0.25) is 0 Å². The molecule has 1 aliphatic heterocycles. The van der Waals surface area contributed by atoms with Crippen LogP contribution in [0.4, 0.5) is 5.69 Å². The zero-order valence-corrected chi connectivity index (χ0v) is 11.6. The van der Waals surface area contributed by atoms with Crippen LogP contribution in [-0.2, 0) is 9.53 Å². The largest absolute Gasteiger partial charge is 0.399 e. The van der Waals surface area contributed by atoms with Crippen molar-refractivity contribution >= 4 is 11.5 Å². The number of hydrogen-bond donors (Lipinski definition) is 1. The maximum atomic E-state index is 12.0. The Labute approximate surface area is 115 Å². The summed E-state index contributed by atoms with van der Waals surface area (Å²) in [4.78, 5) is 12.0. The second-order valence-electron chi connectivity index (χ2n) is 5.48. The van der Waals surface area contributed by atoms with E-state index in [0.29, 0.717) is 24.7 Å². The van der Waals surface area contributed by atoms with Crippen LogP contribution in [0.3, 0.4) is 0 Å². The summed E-state index contributed by atoms with van der Waals surface area (Å²) >= 11 is 0. The van der Waals surface area contributed by atoms with Crippen molar-refractivity contribution in [3.05, 3.63) is 29.8 Å². The van der Waals surface area contributed by atoms with Crippen LogP contribution in [0.15, 0.2) is 24.3 Å². The van der Waals surface area contributed by atoms with Gasteiger partial charge in [0.05, 0.1) is 6.10 Å². The smallest absolute Gasteiger partial charge is 0.133 e. The molecule has 19 heavy (non-hydrogen) atoms. The fourth-order valence-corrected chi connectivity index (χ4v) is 2.58. The number of Topliss-reactive ketones (excluding diaryl/α,β-unsaturated/α-hetero) is 1. The molecule has 1 aromatic rings. The number of nitrogens with two attached hydrogens (primary N) is 1. The standard InChI is InChI=1S/C16H23NO2/c1-12(13-4-6-14(17)7-5-13)11-15(18)8-9-16-3-2-10-19-16/h4-7,12,16H,2-3,8-11,17H2,1H3. The Morgan fingerprint density at radius 1 is 1.42 bits per heavy atom. The lowest BCUT2D eigenvalue weighted by Gasteiger charge is -2.12. The fourth-order valence-electron chi connectivity index (χ4n) is 2.58. The normalized spacial score (nSPS) is 20.4. The SMILES string of the molecule is CC(CC(=O)CCC1CCCO1)c1ccc(N)cc1. The van der Waals surface area contributed by atoms with E-state index >= 15 is 0 Å². The van der Waals surface area contributed by atoms with Gasteiger partial charge in [0, 0.05) is 25.1 Å². The summed E-state index contributed by atoms with van der Waals surface area (Å²) in [5.74, 6) is 0.595. The second kappa shape index (κ2) is 6.71. The van der Waals surface area contributed by atoms with Crippen molar-refractivity contribution in [2.45, 2.75) is 51.0 Å². The van der Waals surface area contributed by atoms with Crippen LogP contribution in [-0.4, -0.2) is 18.5 Å². The molecular weight excluding hydrogens is 238 g/mol. The van der Waals surface area contributed by atoms with Crippen LogP contribution in [0.5, 0.6) is 0 Å². The molecule has 0 amide bonds. The average Bonchev–Trinajstić information content (AvgIpc) is 2.90. The van der Waals surface area contributed by atoms with E-state index in [1.165, 1.54) is 5.56 Å². The Kier molecular flexibility index (Phi) is 4.97. The molecule has 2 N–H and O–H groups in total. The van der Waals surface area contributed by atoms with Crippen molar-refractivity contribution in [1.82, 2.24) is 0 Å². The molecule has 2 rings (SSSR count). The summed E-state index contributed by atoms with van der Waals surface area (Å²) in [6.45, 7) is 2.95. The van der Waals surface area contributed by atoms with Gasteiger partial charge in [-0.3, -0.25) is 4.79 Å². The lowest BCUT2D eigenvalue weighted by Crippen LogP contribution is -2.10. The molecule has 3 heteroatoms. The Morgan fingerprint density at radius 2 is 2.16 bits per heavy atom. The maximum absolute atomic E-state index is 12.0. The third-order valence-electron chi connectivity index (χ3n) is 3.81. The number of ketones is 1. The number of benzene rings is 1. The van der Waals surface area contributed by atoms with Gasteiger partial charge in [-0.25, -0.2) is 0 Å². The molecule has 104 valence electrons. The Bertz CT molecular complexity index is 407. The summed E-state index contributed by atoms with van der Waals surface area (Å²) in [5, 5.41) is 0. The number of ether oxygens (including phenoxy) is 1. The minimum Gasteiger partial charge on any atom is -0.399 e. The van der Waals surface area contributed by atoms with Gasteiger partial charge >= 0.3 is 0 Å². The summed E-state index contributed by atoms with van der Waals surface area (Å²) < 4.78 is 5.54. The van der Waals surface area contributed by atoms with Crippen molar-refractivity contribution in [3.8, 4) is 0 Å². The van der Waals surface area contributed by atoms with E-state index < -0.39 is 0 Å². The molecule has 0 radical (unpaired) electrons. The highest BCUT2D eigenvalue weighted by Crippen LogP contribution is 2.23.